The fraction of sp³-hybridized carbons (Fsp3) is 0.593. The molecule has 176 valence electrons. The number of carbonyl (C=O) groups excluding carboxylic acids is 1. The maximum Gasteiger partial charge on any atom is 0.259 e. The average Bonchev–Trinajstić information content (AvgIpc) is 3.32. The smallest absolute Gasteiger partial charge is 0.259 e. The molecule has 6 nitrogen and oxygen atoms in total. The molecule has 33 heavy (non-hydrogen) atoms. The summed E-state index contributed by atoms with van der Waals surface area (Å²) < 4.78 is 0. The Morgan fingerprint density at radius 3 is 2.58 bits per heavy atom. The van der Waals surface area contributed by atoms with Crippen molar-refractivity contribution in [3.8, 4) is 0 Å². The van der Waals surface area contributed by atoms with Crippen molar-refractivity contribution in [2.24, 2.45) is 5.92 Å². The Kier molecular flexibility index (Phi) is 6.91. The van der Waals surface area contributed by atoms with E-state index in [0.717, 1.165) is 44.1 Å². The minimum Gasteiger partial charge on any atom is -0.393 e. The zero-order chi connectivity index (χ0) is 22.6. The van der Waals surface area contributed by atoms with Crippen molar-refractivity contribution in [3.63, 3.8) is 0 Å². The van der Waals surface area contributed by atoms with Gasteiger partial charge in [0.25, 0.3) is 5.91 Å². The van der Waals surface area contributed by atoms with Gasteiger partial charge in [-0.15, -0.1) is 0 Å². The monoisotopic (exact) mass is 448 g/mol. The largest absolute Gasteiger partial charge is 0.393 e. The van der Waals surface area contributed by atoms with Crippen LogP contribution in [0, 0.1) is 5.92 Å². The summed E-state index contributed by atoms with van der Waals surface area (Å²) in [5.41, 5.74) is 3.47. The molecule has 0 atom stereocenters. The molecule has 0 saturated heterocycles. The molecular formula is C27H36N4O2. The Morgan fingerprint density at radius 2 is 1.76 bits per heavy atom. The summed E-state index contributed by atoms with van der Waals surface area (Å²) in [4.78, 5) is 24.9. The fourth-order valence-corrected chi connectivity index (χ4v) is 5.74. The standard InChI is InChI=1S/C27H36N4O2/c32-24-13-11-23(12-14-24)29-27-28-16-15-25(30-27)31(18-19-5-2-1-3-6-19)26(33)22-10-9-20-7-4-8-21(20)17-22/h9-10,15-17,19,23-24,32H,1-8,11-14,18H2,(H,28,29,30). The second kappa shape index (κ2) is 10.2. The van der Waals surface area contributed by atoms with Crippen LogP contribution in [0.5, 0.6) is 0 Å². The summed E-state index contributed by atoms with van der Waals surface area (Å²) in [6.07, 6.45) is 14.5. The van der Waals surface area contributed by atoms with Crippen LogP contribution in [0.25, 0.3) is 0 Å². The summed E-state index contributed by atoms with van der Waals surface area (Å²) >= 11 is 0. The number of hydrogen-bond donors (Lipinski definition) is 2. The van der Waals surface area contributed by atoms with Gasteiger partial charge in [-0.05, 0) is 93.0 Å². The number of nitrogens with one attached hydrogen (secondary N) is 1. The molecule has 6 heteroatoms. The van der Waals surface area contributed by atoms with Gasteiger partial charge < -0.3 is 10.4 Å². The van der Waals surface area contributed by atoms with Gasteiger partial charge in [0.05, 0.1) is 6.10 Å². The number of rotatable bonds is 6. The van der Waals surface area contributed by atoms with Crippen molar-refractivity contribution in [3.05, 3.63) is 47.2 Å². The number of fused-ring (bicyclic) bond motifs is 1. The topological polar surface area (TPSA) is 78.4 Å². The number of benzene rings is 1. The van der Waals surface area contributed by atoms with E-state index in [1.54, 1.807) is 6.20 Å². The third kappa shape index (κ3) is 5.37. The Labute approximate surface area is 196 Å². The number of nitrogens with zero attached hydrogens (tertiary/aromatic N) is 3. The summed E-state index contributed by atoms with van der Waals surface area (Å²) in [7, 11) is 0. The van der Waals surface area contributed by atoms with Crippen LogP contribution >= 0.6 is 0 Å². The Hall–Kier alpha value is -2.47. The normalized spacial score (nSPS) is 23.2. The first-order valence-corrected chi connectivity index (χ1v) is 12.9. The lowest BCUT2D eigenvalue weighted by atomic mass is 9.89. The molecule has 2 aromatic rings. The van der Waals surface area contributed by atoms with Crippen LogP contribution in [0.4, 0.5) is 11.8 Å². The van der Waals surface area contributed by atoms with E-state index >= 15 is 0 Å². The van der Waals surface area contributed by atoms with E-state index in [-0.39, 0.29) is 18.1 Å². The zero-order valence-electron chi connectivity index (χ0n) is 19.5. The molecule has 1 heterocycles. The van der Waals surface area contributed by atoms with Crippen LogP contribution in [-0.2, 0) is 12.8 Å². The van der Waals surface area contributed by atoms with E-state index in [2.05, 4.69) is 22.4 Å². The molecule has 2 fully saturated rings. The summed E-state index contributed by atoms with van der Waals surface area (Å²) in [6.45, 7) is 0.710. The maximum atomic E-state index is 13.8. The third-order valence-corrected chi connectivity index (χ3v) is 7.70. The molecule has 1 amide bonds. The summed E-state index contributed by atoms with van der Waals surface area (Å²) in [5, 5.41) is 13.2. The first kappa shape index (κ1) is 22.3. The molecule has 3 aliphatic carbocycles. The highest BCUT2D eigenvalue weighted by Gasteiger charge is 2.26. The van der Waals surface area contributed by atoms with Gasteiger partial charge in [0, 0.05) is 24.3 Å². The molecule has 0 spiro atoms. The van der Waals surface area contributed by atoms with E-state index in [0.29, 0.717) is 24.2 Å². The van der Waals surface area contributed by atoms with Crippen molar-refractivity contribution in [2.45, 2.75) is 89.2 Å². The molecule has 5 rings (SSSR count). The number of carbonyl (C=O) groups is 1. The summed E-state index contributed by atoms with van der Waals surface area (Å²) in [5.74, 6) is 1.81. The lowest BCUT2D eigenvalue weighted by Gasteiger charge is -2.30. The molecular weight excluding hydrogens is 412 g/mol. The lowest BCUT2D eigenvalue weighted by Crippen LogP contribution is -2.37. The Balaban J connectivity index is 1.38. The van der Waals surface area contributed by atoms with Crippen LogP contribution in [0.15, 0.2) is 30.5 Å². The second-order valence-electron chi connectivity index (χ2n) is 10.1. The first-order chi connectivity index (χ1) is 16.2. The van der Waals surface area contributed by atoms with E-state index < -0.39 is 0 Å². The highest BCUT2D eigenvalue weighted by molar-refractivity contribution is 6.05. The lowest BCUT2D eigenvalue weighted by molar-refractivity contribution is 0.0979. The molecule has 2 N–H and O–H groups in total. The summed E-state index contributed by atoms with van der Waals surface area (Å²) in [6, 6.07) is 8.37. The molecule has 3 aliphatic rings. The van der Waals surface area contributed by atoms with Gasteiger partial charge in [-0.2, -0.15) is 4.98 Å². The van der Waals surface area contributed by atoms with Crippen LogP contribution < -0.4 is 10.2 Å². The van der Waals surface area contributed by atoms with E-state index in [9.17, 15) is 9.90 Å². The van der Waals surface area contributed by atoms with Crippen molar-refractivity contribution in [2.75, 3.05) is 16.8 Å². The Bertz CT molecular complexity index is 964. The highest BCUT2D eigenvalue weighted by Crippen LogP contribution is 2.29. The molecule has 0 radical (unpaired) electrons. The predicted molar refractivity (Wildman–Crippen MR) is 131 cm³/mol. The van der Waals surface area contributed by atoms with E-state index in [1.165, 1.54) is 49.7 Å². The number of aryl methyl sites for hydroxylation is 2. The molecule has 2 saturated carbocycles. The quantitative estimate of drug-likeness (QED) is 0.657. The van der Waals surface area contributed by atoms with Crippen LogP contribution in [0.1, 0.15) is 85.7 Å². The van der Waals surface area contributed by atoms with Crippen LogP contribution in [0.3, 0.4) is 0 Å². The first-order valence-electron chi connectivity index (χ1n) is 12.9. The van der Waals surface area contributed by atoms with Gasteiger partial charge >= 0.3 is 0 Å². The minimum atomic E-state index is -0.189. The van der Waals surface area contributed by atoms with Crippen molar-refractivity contribution in [1.29, 1.82) is 0 Å². The van der Waals surface area contributed by atoms with Crippen molar-refractivity contribution < 1.29 is 9.90 Å². The molecule has 0 unspecified atom stereocenters. The number of aliphatic hydroxyl groups excluding tert-OH is 1. The zero-order valence-corrected chi connectivity index (χ0v) is 19.5. The molecule has 0 aliphatic heterocycles. The average molecular weight is 449 g/mol. The van der Waals surface area contributed by atoms with Gasteiger partial charge in [-0.3, -0.25) is 9.69 Å². The van der Waals surface area contributed by atoms with E-state index in [4.69, 9.17) is 4.98 Å². The Morgan fingerprint density at radius 1 is 0.970 bits per heavy atom. The van der Waals surface area contributed by atoms with Gasteiger partial charge in [0.1, 0.15) is 5.82 Å². The third-order valence-electron chi connectivity index (χ3n) is 7.70. The maximum absolute atomic E-state index is 13.8. The van der Waals surface area contributed by atoms with Crippen molar-refractivity contribution >= 4 is 17.7 Å². The second-order valence-corrected chi connectivity index (χ2v) is 10.1. The molecule has 1 aromatic carbocycles. The number of hydrogen-bond acceptors (Lipinski definition) is 5. The van der Waals surface area contributed by atoms with Gasteiger partial charge in [0.15, 0.2) is 0 Å². The van der Waals surface area contributed by atoms with Gasteiger partial charge in [0.2, 0.25) is 5.95 Å². The van der Waals surface area contributed by atoms with Gasteiger partial charge in [-0.25, -0.2) is 4.98 Å². The molecule has 1 aromatic heterocycles. The van der Waals surface area contributed by atoms with Crippen molar-refractivity contribution in [1.82, 2.24) is 9.97 Å². The van der Waals surface area contributed by atoms with E-state index in [1.807, 2.05) is 17.0 Å². The molecule has 0 bridgehead atoms. The van der Waals surface area contributed by atoms with Crippen LogP contribution in [-0.4, -0.2) is 39.7 Å². The number of amides is 1. The number of anilines is 2. The fourth-order valence-electron chi connectivity index (χ4n) is 5.74. The van der Waals surface area contributed by atoms with Crippen LogP contribution in [0.2, 0.25) is 0 Å². The minimum absolute atomic E-state index is 0.0423. The number of aromatic nitrogens is 2. The predicted octanol–water partition coefficient (Wildman–Crippen LogP) is 4.91. The SMILES string of the molecule is O=C(c1ccc2c(c1)CCC2)N(CC1CCCCC1)c1ccnc(NC2CCC(O)CC2)n1. The number of aliphatic hydroxyl groups is 1. The van der Waals surface area contributed by atoms with Gasteiger partial charge in [-0.1, -0.05) is 25.3 Å². The highest BCUT2D eigenvalue weighted by atomic mass is 16.3.